The summed E-state index contributed by atoms with van der Waals surface area (Å²) in [5.74, 6) is -0.664. The predicted molar refractivity (Wildman–Crippen MR) is 67.2 cm³/mol. The molecule has 0 saturated carbocycles. The average molecular weight is 280 g/mol. The molecule has 2 N–H and O–H groups in total. The number of nitrogens with two attached hydrogens (primary N) is 1. The molecule has 0 bridgehead atoms. The van der Waals surface area contributed by atoms with Crippen molar-refractivity contribution in [2.75, 3.05) is 5.75 Å². The molecule has 0 heterocycles. The van der Waals surface area contributed by atoms with Crippen LogP contribution < -0.4 is 5.73 Å². The van der Waals surface area contributed by atoms with Crippen molar-refractivity contribution in [3.63, 3.8) is 0 Å². The van der Waals surface area contributed by atoms with Crippen molar-refractivity contribution in [1.82, 2.24) is 0 Å². The number of sulfone groups is 1. The van der Waals surface area contributed by atoms with Crippen LogP contribution >= 0.6 is 11.6 Å². The third-order valence-corrected chi connectivity index (χ3v) is 4.18. The Morgan fingerprint density at radius 2 is 2.12 bits per heavy atom. The molecule has 1 unspecified atom stereocenters. The van der Waals surface area contributed by atoms with Gasteiger partial charge in [0.25, 0.3) is 0 Å². The fraction of sp³-hybridized carbons (Fsp3) is 0.455. The van der Waals surface area contributed by atoms with Gasteiger partial charge in [-0.25, -0.2) is 12.8 Å². The van der Waals surface area contributed by atoms with E-state index >= 15 is 0 Å². The zero-order valence-electron chi connectivity index (χ0n) is 9.49. The van der Waals surface area contributed by atoms with Crippen LogP contribution in [0.5, 0.6) is 0 Å². The van der Waals surface area contributed by atoms with Crippen molar-refractivity contribution < 1.29 is 12.8 Å². The van der Waals surface area contributed by atoms with Crippen molar-refractivity contribution in [3.05, 3.63) is 34.6 Å². The van der Waals surface area contributed by atoms with Crippen LogP contribution in [-0.4, -0.2) is 20.2 Å². The van der Waals surface area contributed by atoms with Gasteiger partial charge in [-0.1, -0.05) is 17.7 Å². The molecule has 0 spiro atoms. The fourth-order valence-electron chi connectivity index (χ4n) is 1.32. The number of benzene rings is 1. The van der Waals surface area contributed by atoms with E-state index in [9.17, 15) is 12.8 Å². The molecule has 6 heteroatoms. The second kappa shape index (κ2) is 5.80. The molecule has 0 aliphatic heterocycles. The molecule has 1 atom stereocenters. The van der Waals surface area contributed by atoms with E-state index in [2.05, 4.69) is 0 Å². The lowest BCUT2D eigenvalue weighted by Gasteiger charge is -2.07. The number of rotatable bonds is 5. The van der Waals surface area contributed by atoms with Crippen LogP contribution in [-0.2, 0) is 15.6 Å². The smallest absolute Gasteiger partial charge is 0.154 e. The van der Waals surface area contributed by atoms with Crippen LogP contribution in [0.25, 0.3) is 0 Å². The first-order valence-electron chi connectivity index (χ1n) is 5.20. The topological polar surface area (TPSA) is 60.2 Å². The van der Waals surface area contributed by atoms with Gasteiger partial charge in [-0.15, -0.1) is 0 Å². The SMILES string of the molecule is CC(N)CCS(=O)(=O)Cc1ccc(F)c(Cl)c1. The zero-order valence-corrected chi connectivity index (χ0v) is 11.1. The molecule has 96 valence electrons. The van der Waals surface area contributed by atoms with E-state index < -0.39 is 15.7 Å². The summed E-state index contributed by atoms with van der Waals surface area (Å²) in [6, 6.07) is 3.77. The normalized spacial score (nSPS) is 13.6. The third kappa shape index (κ3) is 5.02. The Morgan fingerprint density at radius 3 is 2.65 bits per heavy atom. The summed E-state index contributed by atoms with van der Waals surface area (Å²) in [5.41, 5.74) is 5.99. The van der Waals surface area contributed by atoms with E-state index in [4.69, 9.17) is 17.3 Å². The van der Waals surface area contributed by atoms with Crippen LogP contribution in [0.15, 0.2) is 18.2 Å². The van der Waals surface area contributed by atoms with Gasteiger partial charge in [0.05, 0.1) is 16.5 Å². The maximum Gasteiger partial charge on any atom is 0.154 e. The van der Waals surface area contributed by atoms with Crippen LogP contribution in [0.4, 0.5) is 4.39 Å². The molecule has 0 aliphatic carbocycles. The quantitative estimate of drug-likeness (QED) is 0.898. The molecule has 17 heavy (non-hydrogen) atoms. The van der Waals surface area contributed by atoms with E-state index in [1.54, 1.807) is 6.92 Å². The van der Waals surface area contributed by atoms with Crippen LogP contribution in [0.1, 0.15) is 18.9 Å². The number of hydrogen-bond acceptors (Lipinski definition) is 3. The molecule has 0 saturated heterocycles. The molecule has 3 nitrogen and oxygen atoms in total. The van der Waals surface area contributed by atoms with Gasteiger partial charge in [-0.05, 0) is 31.0 Å². The minimum atomic E-state index is -3.22. The third-order valence-electron chi connectivity index (χ3n) is 2.25. The van der Waals surface area contributed by atoms with Crippen LogP contribution in [0.2, 0.25) is 5.02 Å². The molecule has 1 rings (SSSR count). The largest absolute Gasteiger partial charge is 0.328 e. The highest BCUT2D eigenvalue weighted by Gasteiger charge is 2.14. The van der Waals surface area contributed by atoms with Gasteiger partial charge in [0, 0.05) is 6.04 Å². The average Bonchev–Trinajstić information content (AvgIpc) is 2.21. The number of halogens is 2. The fourth-order valence-corrected chi connectivity index (χ4v) is 3.09. The van der Waals surface area contributed by atoms with Crippen LogP contribution in [0, 0.1) is 5.82 Å². The summed E-state index contributed by atoms with van der Waals surface area (Å²) in [6.07, 6.45) is 0.414. The van der Waals surface area contributed by atoms with Crippen molar-refractivity contribution in [1.29, 1.82) is 0 Å². The van der Waals surface area contributed by atoms with Crippen molar-refractivity contribution in [3.8, 4) is 0 Å². The van der Waals surface area contributed by atoms with Crippen LogP contribution in [0.3, 0.4) is 0 Å². The van der Waals surface area contributed by atoms with Gasteiger partial charge >= 0.3 is 0 Å². The summed E-state index contributed by atoms with van der Waals surface area (Å²) < 4.78 is 36.3. The first-order chi connectivity index (χ1) is 7.80. The van der Waals surface area contributed by atoms with E-state index in [1.165, 1.54) is 18.2 Å². The Bertz CT molecular complexity index is 488. The predicted octanol–water partition coefficient (Wildman–Crippen LogP) is 2.13. The van der Waals surface area contributed by atoms with Crippen molar-refractivity contribution >= 4 is 21.4 Å². The Kier molecular flexibility index (Phi) is 4.91. The summed E-state index contributed by atoms with van der Waals surface area (Å²) in [6.45, 7) is 1.75. The van der Waals surface area contributed by atoms with E-state index in [0.717, 1.165) is 0 Å². The Balaban J connectivity index is 2.73. The molecule has 0 fully saturated rings. The van der Waals surface area contributed by atoms with Crippen molar-refractivity contribution in [2.45, 2.75) is 25.1 Å². The van der Waals surface area contributed by atoms with E-state index in [-0.39, 0.29) is 22.6 Å². The first-order valence-corrected chi connectivity index (χ1v) is 7.40. The van der Waals surface area contributed by atoms with Gasteiger partial charge in [0.2, 0.25) is 0 Å². The monoisotopic (exact) mass is 279 g/mol. The van der Waals surface area contributed by atoms with Gasteiger partial charge < -0.3 is 5.73 Å². The highest BCUT2D eigenvalue weighted by Crippen LogP contribution is 2.18. The lowest BCUT2D eigenvalue weighted by molar-refractivity contribution is 0.586. The Morgan fingerprint density at radius 1 is 1.47 bits per heavy atom. The van der Waals surface area contributed by atoms with Gasteiger partial charge in [-0.2, -0.15) is 0 Å². The Hall–Kier alpha value is -0.650. The second-order valence-corrected chi connectivity index (χ2v) is 6.70. The molecular formula is C11H15ClFNO2S. The Labute approximate surface area is 106 Å². The lowest BCUT2D eigenvalue weighted by atomic mass is 10.2. The number of hydrogen-bond donors (Lipinski definition) is 1. The summed E-state index contributed by atoms with van der Waals surface area (Å²) in [4.78, 5) is 0. The summed E-state index contributed by atoms with van der Waals surface area (Å²) >= 11 is 5.58. The first kappa shape index (κ1) is 14.4. The summed E-state index contributed by atoms with van der Waals surface area (Å²) in [5, 5.41) is -0.0649. The molecule has 0 aliphatic rings. The van der Waals surface area contributed by atoms with Gasteiger partial charge in [0.15, 0.2) is 9.84 Å². The molecule has 0 amide bonds. The van der Waals surface area contributed by atoms with E-state index in [1.807, 2.05) is 0 Å². The van der Waals surface area contributed by atoms with Crippen molar-refractivity contribution in [2.24, 2.45) is 5.73 Å². The maximum atomic E-state index is 12.9. The highest BCUT2D eigenvalue weighted by molar-refractivity contribution is 7.90. The molecule has 1 aromatic carbocycles. The standard InChI is InChI=1S/C11H15ClFNO2S/c1-8(14)4-5-17(15,16)7-9-2-3-11(13)10(12)6-9/h2-3,6,8H,4-5,7,14H2,1H3. The molecular weight excluding hydrogens is 265 g/mol. The minimum absolute atomic E-state index is 0.0274. The van der Waals surface area contributed by atoms with E-state index in [0.29, 0.717) is 12.0 Å². The van der Waals surface area contributed by atoms with Gasteiger partial charge in [0.1, 0.15) is 5.82 Å². The maximum absolute atomic E-state index is 12.9. The molecule has 0 aromatic heterocycles. The second-order valence-electron chi connectivity index (χ2n) is 4.11. The zero-order chi connectivity index (χ0) is 13.1. The van der Waals surface area contributed by atoms with Gasteiger partial charge in [-0.3, -0.25) is 0 Å². The molecule has 0 radical (unpaired) electrons. The molecule has 1 aromatic rings. The lowest BCUT2D eigenvalue weighted by Crippen LogP contribution is -2.20. The summed E-state index contributed by atoms with van der Waals surface area (Å²) in [7, 11) is -3.22. The highest BCUT2D eigenvalue weighted by atomic mass is 35.5. The minimum Gasteiger partial charge on any atom is -0.328 e.